The molecule has 6 nitrogen and oxygen atoms in total. The Labute approximate surface area is 159 Å². The lowest BCUT2D eigenvalue weighted by molar-refractivity contribution is -0.121. The molecule has 0 heterocycles. The van der Waals surface area contributed by atoms with Crippen molar-refractivity contribution in [1.82, 2.24) is 4.72 Å². The molecule has 2 rings (SSSR count). The number of benzene rings is 2. The molecular weight excluding hydrogens is 429 g/mol. The van der Waals surface area contributed by atoms with Gasteiger partial charge in [0, 0.05) is 5.69 Å². The molecular formula is C15H14ClF3N2O4S2. The van der Waals surface area contributed by atoms with Crippen molar-refractivity contribution < 1.29 is 30.0 Å². The summed E-state index contributed by atoms with van der Waals surface area (Å²) < 4.78 is 88.5. The van der Waals surface area contributed by atoms with E-state index in [-0.39, 0.29) is 15.6 Å². The van der Waals surface area contributed by atoms with Crippen molar-refractivity contribution in [2.24, 2.45) is 0 Å². The lowest BCUT2D eigenvalue weighted by Gasteiger charge is -2.12. The van der Waals surface area contributed by atoms with Gasteiger partial charge < -0.3 is 0 Å². The van der Waals surface area contributed by atoms with Crippen LogP contribution in [0.1, 0.15) is 5.56 Å². The SMILES string of the molecule is Cc1ccc(S(=O)(=O)Nc2ccc(S(=O)(=O)NCC(F)(F)F)cc2)c(Cl)c1. The predicted octanol–water partition coefficient (Wildman–Crippen LogP) is 3.29. The molecule has 2 N–H and O–H groups in total. The number of rotatable bonds is 6. The molecule has 0 saturated heterocycles. The number of nitrogens with one attached hydrogen (secondary N) is 2. The van der Waals surface area contributed by atoms with Crippen molar-refractivity contribution in [3.05, 3.63) is 53.1 Å². The lowest BCUT2D eigenvalue weighted by atomic mass is 10.2. The summed E-state index contributed by atoms with van der Waals surface area (Å²) in [6.07, 6.45) is -4.70. The van der Waals surface area contributed by atoms with Crippen LogP contribution in [0.4, 0.5) is 18.9 Å². The van der Waals surface area contributed by atoms with Crippen molar-refractivity contribution in [3.63, 3.8) is 0 Å². The first-order chi connectivity index (χ1) is 12.3. The van der Waals surface area contributed by atoms with Gasteiger partial charge in [-0.25, -0.2) is 21.6 Å². The van der Waals surface area contributed by atoms with E-state index in [1.165, 1.54) is 16.9 Å². The molecule has 0 bridgehead atoms. The van der Waals surface area contributed by atoms with Gasteiger partial charge in [0.15, 0.2) is 0 Å². The molecule has 0 aromatic heterocycles. The van der Waals surface area contributed by atoms with Gasteiger partial charge in [0.2, 0.25) is 10.0 Å². The first-order valence-electron chi connectivity index (χ1n) is 7.26. The van der Waals surface area contributed by atoms with Crippen LogP contribution in [0.5, 0.6) is 0 Å². The molecule has 0 aliphatic carbocycles. The van der Waals surface area contributed by atoms with E-state index in [0.717, 1.165) is 29.8 Å². The van der Waals surface area contributed by atoms with Crippen LogP contribution in [0.25, 0.3) is 0 Å². The van der Waals surface area contributed by atoms with E-state index in [0.29, 0.717) is 0 Å². The quantitative estimate of drug-likeness (QED) is 0.718. The number of anilines is 1. The zero-order valence-electron chi connectivity index (χ0n) is 13.7. The highest BCUT2D eigenvalue weighted by Crippen LogP contribution is 2.25. The lowest BCUT2D eigenvalue weighted by Crippen LogP contribution is -2.33. The predicted molar refractivity (Wildman–Crippen MR) is 94.7 cm³/mol. The third-order valence-corrected chi connectivity index (χ3v) is 6.54. The van der Waals surface area contributed by atoms with Crippen LogP contribution in [0.15, 0.2) is 52.3 Å². The second-order valence-corrected chi connectivity index (χ2v) is 9.33. The number of halogens is 4. The van der Waals surface area contributed by atoms with Crippen LogP contribution in [0, 0.1) is 6.92 Å². The van der Waals surface area contributed by atoms with E-state index >= 15 is 0 Å². The molecule has 0 saturated carbocycles. The van der Waals surface area contributed by atoms with Gasteiger partial charge in [0.1, 0.15) is 11.4 Å². The average Bonchev–Trinajstić information content (AvgIpc) is 2.52. The summed E-state index contributed by atoms with van der Waals surface area (Å²) >= 11 is 5.94. The number of aryl methyl sites for hydroxylation is 1. The Hall–Kier alpha value is -1.82. The van der Waals surface area contributed by atoms with Gasteiger partial charge in [-0.2, -0.15) is 13.2 Å². The fraction of sp³-hybridized carbons (Fsp3) is 0.200. The number of alkyl halides is 3. The summed E-state index contributed by atoms with van der Waals surface area (Å²) in [6, 6.07) is 8.53. The van der Waals surface area contributed by atoms with E-state index in [9.17, 15) is 30.0 Å². The van der Waals surface area contributed by atoms with Crippen LogP contribution < -0.4 is 9.44 Å². The van der Waals surface area contributed by atoms with Gasteiger partial charge in [0.25, 0.3) is 10.0 Å². The Bertz CT molecular complexity index is 1040. The number of sulfonamides is 2. The standard InChI is InChI=1S/C15H14ClF3N2O4S2/c1-10-2-7-14(13(16)8-10)27(24,25)21-11-3-5-12(6-4-11)26(22,23)20-9-15(17,18)19/h2-8,20-21H,9H2,1H3. The summed E-state index contributed by atoms with van der Waals surface area (Å²) in [7, 11) is -8.42. The molecule has 0 radical (unpaired) electrons. The Balaban J connectivity index is 2.20. The van der Waals surface area contributed by atoms with Crippen molar-refractivity contribution >= 4 is 37.3 Å². The highest BCUT2D eigenvalue weighted by molar-refractivity contribution is 7.92. The largest absolute Gasteiger partial charge is 0.402 e. The van der Waals surface area contributed by atoms with Crippen LogP contribution in [-0.2, 0) is 20.0 Å². The Morgan fingerprint density at radius 2 is 1.56 bits per heavy atom. The third kappa shape index (κ3) is 5.83. The minimum atomic E-state index is -4.70. The monoisotopic (exact) mass is 442 g/mol. The number of hydrogen-bond acceptors (Lipinski definition) is 4. The number of hydrogen-bond donors (Lipinski definition) is 2. The van der Waals surface area contributed by atoms with Crippen molar-refractivity contribution in [2.45, 2.75) is 22.9 Å². The van der Waals surface area contributed by atoms with Crippen LogP contribution in [-0.4, -0.2) is 29.6 Å². The van der Waals surface area contributed by atoms with Crippen molar-refractivity contribution in [2.75, 3.05) is 11.3 Å². The zero-order chi connectivity index (χ0) is 20.5. The average molecular weight is 443 g/mol. The summed E-state index contributed by atoms with van der Waals surface area (Å²) in [5.74, 6) is 0. The van der Waals surface area contributed by atoms with Crippen LogP contribution >= 0.6 is 11.6 Å². The Morgan fingerprint density at radius 3 is 2.07 bits per heavy atom. The highest BCUT2D eigenvalue weighted by atomic mass is 35.5. The van der Waals surface area contributed by atoms with E-state index < -0.39 is 37.7 Å². The van der Waals surface area contributed by atoms with Crippen molar-refractivity contribution in [1.29, 1.82) is 0 Å². The maximum absolute atomic E-state index is 12.4. The topological polar surface area (TPSA) is 92.3 Å². The van der Waals surface area contributed by atoms with Gasteiger partial charge in [-0.15, -0.1) is 0 Å². The molecule has 0 amide bonds. The summed E-state index contributed by atoms with van der Waals surface area (Å²) in [6.45, 7) is 0.0251. The Kier molecular flexibility index (Phi) is 6.10. The highest BCUT2D eigenvalue weighted by Gasteiger charge is 2.30. The third-order valence-electron chi connectivity index (χ3n) is 3.26. The smallest absolute Gasteiger partial charge is 0.280 e. The minimum Gasteiger partial charge on any atom is -0.280 e. The molecule has 0 atom stereocenters. The first-order valence-corrected chi connectivity index (χ1v) is 10.6. The molecule has 0 aliphatic rings. The Morgan fingerprint density at radius 1 is 0.963 bits per heavy atom. The van der Waals surface area contributed by atoms with E-state index in [2.05, 4.69) is 4.72 Å². The molecule has 0 spiro atoms. The van der Waals surface area contributed by atoms with Crippen LogP contribution in [0.2, 0.25) is 5.02 Å². The molecule has 0 fully saturated rings. The second-order valence-electron chi connectivity index (χ2n) is 5.50. The van der Waals surface area contributed by atoms with Crippen molar-refractivity contribution in [3.8, 4) is 0 Å². The molecule has 27 heavy (non-hydrogen) atoms. The van der Waals surface area contributed by atoms with Gasteiger partial charge in [0.05, 0.1) is 9.92 Å². The van der Waals surface area contributed by atoms with Crippen LogP contribution in [0.3, 0.4) is 0 Å². The summed E-state index contributed by atoms with van der Waals surface area (Å²) in [5.41, 5.74) is 0.779. The van der Waals surface area contributed by atoms with Gasteiger partial charge in [-0.3, -0.25) is 4.72 Å². The fourth-order valence-corrected chi connectivity index (χ4v) is 4.67. The molecule has 148 valence electrons. The first kappa shape index (κ1) is 21.5. The summed E-state index contributed by atoms with van der Waals surface area (Å²) in [5, 5.41) is 0.0121. The molecule has 0 aliphatic heterocycles. The van der Waals surface area contributed by atoms with Gasteiger partial charge in [-0.1, -0.05) is 17.7 Å². The molecule has 2 aromatic carbocycles. The van der Waals surface area contributed by atoms with Gasteiger partial charge >= 0.3 is 6.18 Å². The van der Waals surface area contributed by atoms with E-state index in [1.807, 2.05) is 0 Å². The normalized spacial score (nSPS) is 12.8. The maximum Gasteiger partial charge on any atom is 0.402 e. The minimum absolute atomic E-state index is 0.0121. The summed E-state index contributed by atoms with van der Waals surface area (Å²) in [4.78, 5) is -0.610. The van der Waals surface area contributed by atoms with E-state index in [1.54, 1.807) is 13.0 Å². The maximum atomic E-state index is 12.4. The zero-order valence-corrected chi connectivity index (χ0v) is 16.1. The molecule has 0 unspecified atom stereocenters. The fourth-order valence-electron chi connectivity index (χ4n) is 2.00. The molecule has 12 heteroatoms. The molecule has 2 aromatic rings. The second kappa shape index (κ2) is 7.66. The van der Waals surface area contributed by atoms with E-state index in [4.69, 9.17) is 11.6 Å². The van der Waals surface area contributed by atoms with Gasteiger partial charge in [-0.05, 0) is 48.9 Å².